The van der Waals surface area contributed by atoms with E-state index in [-0.39, 0.29) is 5.91 Å². The highest BCUT2D eigenvalue weighted by molar-refractivity contribution is 8.17. The number of para-hydroxylation sites is 2. The van der Waals surface area contributed by atoms with Gasteiger partial charge in [0.15, 0.2) is 12.0 Å². The van der Waals surface area contributed by atoms with Gasteiger partial charge in [0.05, 0.1) is 23.7 Å². The predicted molar refractivity (Wildman–Crippen MR) is 167 cm³/mol. The molecule has 6 nitrogen and oxygen atoms in total. The molecule has 0 N–H and O–H groups in total. The van der Waals surface area contributed by atoms with Crippen LogP contribution in [0.25, 0.3) is 0 Å². The van der Waals surface area contributed by atoms with Crippen LogP contribution in [0.2, 0.25) is 0 Å². The summed E-state index contributed by atoms with van der Waals surface area (Å²) in [6.45, 7) is 0. The average Bonchev–Trinajstić information content (AvgIpc) is 3.53. The summed E-state index contributed by atoms with van der Waals surface area (Å²) in [6, 6.07) is 36.1. The van der Waals surface area contributed by atoms with Crippen LogP contribution in [0.1, 0.15) is 15.9 Å². The van der Waals surface area contributed by atoms with Gasteiger partial charge in [0.2, 0.25) is 8.90 Å². The zero-order valence-corrected chi connectivity index (χ0v) is 24.3. The van der Waals surface area contributed by atoms with Crippen LogP contribution in [0.5, 0.6) is 5.75 Å². The van der Waals surface area contributed by atoms with Crippen LogP contribution >= 0.6 is 45.7 Å². The summed E-state index contributed by atoms with van der Waals surface area (Å²) in [5.41, 5.74) is 2.93. The van der Waals surface area contributed by atoms with E-state index in [4.69, 9.17) is 44.5 Å². The van der Waals surface area contributed by atoms with Gasteiger partial charge in [-0.2, -0.15) is 0 Å². The molecule has 6 rings (SSSR count). The number of rotatable bonds is 5. The molecular weight excluding hydrogens is 587 g/mol. The quantitative estimate of drug-likeness (QED) is 0.174. The number of halogens is 3. The maximum absolute atomic E-state index is 14.3. The number of amidine groups is 1. The Kier molecular flexibility index (Phi) is 7.23. The van der Waals surface area contributed by atoms with E-state index in [9.17, 15) is 4.79 Å². The third-order valence-electron chi connectivity index (χ3n) is 6.48. The number of alkyl halides is 3. The van der Waals surface area contributed by atoms with Crippen molar-refractivity contribution in [2.75, 3.05) is 16.3 Å². The van der Waals surface area contributed by atoms with Crippen LogP contribution in [-0.4, -0.2) is 38.2 Å². The lowest BCUT2D eigenvalue weighted by Gasteiger charge is -2.39. The molecule has 4 aromatic carbocycles. The molecule has 40 heavy (non-hydrogen) atoms. The number of benzene rings is 4. The number of ether oxygens (including phenoxy) is 1. The van der Waals surface area contributed by atoms with Crippen molar-refractivity contribution < 1.29 is 9.53 Å². The lowest BCUT2D eigenvalue weighted by molar-refractivity contribution is 0.0841. The number of methoxy groups -OCH3 is 1. The maximum atomic E-state index is 14.3. The van der Waals surface area contributed by atoms with Crippen molar-refractivity contribution in [2.24, 2.45) is 4.99 Å². The van der Waals surface area contributed by atoms with E-state index in [1.807, 2.05) is 112 Å². The molecule has 0 bridgehead atoms. The summed E-state index contributed by atoms with van der Waals surface area (Å²) in [4.78, 5) is 21.4. The summed E-state index contributed by atoms with van der Waals surface area (Å²) < 4.78 is 7.20. The second-order valence-electron chi connectivity index (χ2n) is 8.96. The predicted octanol–water partition coefficient (Wildman–Crippen LogP) is 7.51. The van der Waals surface area contributed by atoms with Crippen LogP contribution in [0.4, 0.5) is 11.4 Å². The second kappa shape index (κ2) is 10.8. The number of nitrogens with zero attached hydrogens (tertiary/aromatic N) is 4. The Morgan fingerprint density at radius 2 is 1.35 bits per heavy atom. The third kappa shape index (κ3) is 4.73. The molecule has 4 aromatic rings. The number of carbonyl (C=O) groups excluding carboxylic acids is 1. The molecule has 0 aromatic heterocycles. The topological polar surface area (TPSA) is 48.4 Å². The van der Waals surface area contributed by atoms with Gasteiger partial charge in [-0.1, -0.05) is 89.4 Å². The number of carbonyl (C=O) groups is 1. The minimum absolute atomic E-state index is 0.275. The van der Waals surface area contributed by atoms with Crippen LogP contribution in [-0.2, 0) is 0 Å². The fraction of sp³-hybridized carbons (Fsp3) is 0.100. The summed E-state index contributed by atoms with van der Waals surface area (Å²) in [5.74, 6) is 1.12. The lowest BCUT2D eigenvalue weighted by Crippen LogP contribution is -2.53. The van der Waals surface area contributed by atoms with E-state index >= 15 is 0 Å². The van der Waals surface area contributed by atoms with Crippen molar-refractivity contribution in [1.82, 2.24) is 4.31 Å². The summed E-state index contributed by atoms with van der Waals surface area (Å²) in [6.07, 6.45) is -0.974. The molecule has 202 valence electrons. The fourth-order valence-corrected chi connectivity index (χ4v) is 7.85. The second-order valence-corrected chi connectivity index (χ2v) is 13.0. The van der Waals surface area contributed by atoms with Gasteiger partial charge in [-0.15, -0.1) is 0 Å². The van der Waals surface area contributed by atoms with E-state index in [2.05, 4.69) is 0 Å². The lowest BCUT2D eigenvalue weighted by atomic mass is 10.2. The Labute approximate surface area is 250 Å². The number of amides is 1. The molecule has 0 saturated carbocycles. The Morgan fingerprint density at radius 3 is 1.90 bits per heavy atom. The van der Waals surface area contributed by atoms with Crippen LogP contribution < -0.4 is 13.9 Å². The normalized spacial score (nSPS) is 18.6. The molecule has 0 fully saturated rings. The number of anilines is 2. The van der Waals surface area contributed by atoms with E-state index < -0.39 is 20.8 Å². The monoisotopic (exact) mass is 608 g/mol. The molecule has 0 radical (unpaired) electrons. The van der Waals surface area contributed by atoms with E-state index in [1.165, 1.54) is 0 Å². The van der Waals surface area contributed by atoms with Crippen molar-refractivity contribution in [3.8, 4) is 5.75 Å². The Balaban J connectivity index is 1.61. The van der Waals surface area contributed by atoms with Gasteiger partial charge in [-0.25, -0.2) is 9.30 Å². The van der Waals surface area contributed by atoms with E-state index in [1.54, 1.807) is 23.5 Å². The molecule has 2 atom stereocenters. The molecule has 1 amide bonds. The van der Waals surface area contributed by atoms with Gasteiger partial charge in [0.1, 0.15) is 5.75 Å². The molecule has 0 spiro atoms. The van der Waals surface area contributed by atoms with Crippen molar-refractivity contribution in [1.29, 1.82) is 0 Å². The van der Waals surface area contributed by atoms with Crippen LogP contribution in [0, 0.1) is 0 Å². The number of aliphatic imine (C=N–C) groups is 1. The largest absolute Gasteiger partial charge is 0.497 e. The van der Waals surface area contributed by atoms with Gasteiger partial charge in [-0.3, -0.25) is 14.0 Å². The van der Waals surface area contributed by atoms with Gasteiger partial charge in [0, 0.05) is 16.8 Å². The SMILES string of the molecule is COc1ccc(C2=NC3=S(N2c2ccccc2)N(C(=O)c2ccccc2)[C@@H](C(Cl)(Cl)Cl)N3c2ccccc2)cc1. The molecule has 1 unspecified atom stereocenters. The van der Waals surface area contributed by atoms with Crippen molar-refractivity contribution >= 4 is 73.9 Å². The van der Waals surface area contributed by atoms with Crippen molar-refractivity contribution in [3.05, 3.63) is 126 Å². The fourth-order valence-electron chi connectivity index (χ4n) is 4.69. The number of hydrogen-bond acceptors (Lipinski definition) is 5. The number of hydrogen-bond donors (Lipinski definition) is 0. The Morgan fingerprint density at radius 1 is 0.800 bits per heavy atom. The van der Waals surface area contributed by atoms with Gasteiger partial charge in [-0.05, 0) is 60.7 Å². The van der Waals surface area contributed by atoms with Gasteiger partial charge in [0.25, 0.3) is 5.91 Å². The highest BCUT2D eigenvalue weighted by atomic mass is 35.6. The first-order chi connectivity index (χ1) is 19.4. The molecule has 2 aliphatic heterocycles. The summed E-state index contributed by atoms with van der Waals surface area (Å²) >= 11 is 20.1. The molecule has 2 heterocycles. The van der Waals surface area contributed by atoms with E-state index in [0.29, 0.717) is 16.5 Å². The minimum atomic E-state index is -1.87. The zero-order valence-electron chi connectivity index (χ0n) is 21.2. The smallest absolute Gasteiger partial charge is 0.266 e. The van der Waals surface area contributed by atoms with E-state index in [0.717, 1.165) is 22.7 Å². The summed E-state index contributed by atoms with van der Waals surface area (Å²) in [5, 5.41) is 0.599. The van der Waals surface area contributed by atoms with Crippen LogP contribution in [0.3, 0.4) is 0 Å². The van der Waals surface area contributed by atoms with Crippen LogP contribution in [0.15, 0.2) is 120 Å². The average molecular weight is 610 g/mol. The minimum Gasteiger partial charge on any atom is -0.497 e. The molecule has 0 aliphatic carbocycles. The van der Waals surface area contributed by atoms with Gasteiger partial charge >= 0.3 is 0 Å². The Hall–Kier alpha value is -3.49. The third-order valence-corrected chi connectivity index (χ3v) is 9.14. The Bertz CT molecular complexity index is 1600. The van der Waals surface area contributed by atoms with Gasteiger partial charge < -0.3 is 4.74 Å². The highest BCUT2D eigenvalue weighted by Gasteiger charge is 2.56. The standard InChI is InChI=1S/C30H23Cl3N4O2S/c1-39-25-19-17-21(18-20-25)26-34-29-35(23-13-7-3-8-14-23)28(30(31,32)33)37(27(38)22-11-5-2-6-12-22)40(29)36(26)24-15-9-4-10-16-24/h2-20,28H,1H3/t28-,40?/m0/s1. The molecule has 0 saturated heterocycles. The zero-order chi connectivity index (χ0) is 27.9. The first-order valence-corrected chi connectivity index (χ1v) is 14.6. The molecule has 10 heteroatoms. The first-order valence-electron chi connectivity index (χ1n) is 12.4. The first kappa shape index (κ1) is 26.7. The molecule has 2 aliphatic rings. The summed E-state index contributed by atoms with van der Waals surface area (Å²) in [7, 11) is 0.528. The molecular formula is C30H23Cl3N4O2S. The maximum Gasteiger partial charge on any atom is 0.266 e. The van der Waals surface area contributed by atoms with Crippen molar-refractivity contribution in [2.45, 2.75) is 9.96 Å². The highest BCUT2D eigenvalue weighted by Crippen LogP contribution is 2.53. The van der Waals surface area contributed by atoms with Crippen molar-refractivity contribution in [3.63, 3.8) is 0 Å².